The predicted molar refractivity (Wildman–Crippen MR) is 383 cm³/mol. The maximum Gasteiger partial charge on any atom is 0.339 e. The number of aromatic nitrogens is 12. The Morgan fingerprint density at radius 3 is 1.06 bits per heavy atom. The van der Waals surface area contributed by atoms with E-state index < -0.39 is 0 Å². The highest BCUT2D eigenvalue weighted by Crippen LogP contribution is 2.31. The van der Waals surface area contributed by atoms with Crippen LogP contribution in [0.3, 0.4) is 0 Å². The van der Waals surface area contributed by atoms with E-state index in [1.54, 1.807) is 156 Å². The number of imidazole rings is 3. The second-order valence-electron chi connectivity index (χ2n) is 22.3. The number of aryl methyl sites for hydroxylation is 2. The Bertz CT molecular complexity index is 5260. The minimum absolute atomic E-state index is 0.146. The van der Waals surface area contributed by atoms with E-state index in [2.05, 4.69) is 43.1 Å². The van der Waals surface area contributed by atoms with Crippen LogP contribution in [0.1, 0.15) is 11.1 Å². The molecule has 12 rings (SSSR count). The number of halogens is 1. The van der Waals surface area contributed by atoms with Crippen LogP contribution in [0, 0.1) is 13.8 Å². The molecule has 0 spiro atoms. The largest absolute Gasteiger partial charge is 0.496 e. The van der Waals surface area contributed by atoms with Crippen LogP contribution in [0.25, 0.3) is 67.6 Å². The summed E-state index contributed by atoms with van der Waals surface area (Å²) in [6.45, 7) is 11.5. The second-order valence-corrected chi connectivity index (χ2v) is 22.7. The quantitative estimate of drug-likeness (QED) is 0.0769. The average Bonchev–Trinajstić information content (AvgIpc) is 1.61. The van der Waals surface area contributed by atoms with E-state index in [9.17, 15) is 28.8 Å². The van der Waals surface area contributed by atoms with Gasteiger partial charge in [0.15, 0.2) is 34.4 Å². The number of amides is 3. The molecule has 0 atom stereocenters. The lowest BCUT2D eigenvalue weighted by molar-refractivity contribution is -0.114. The van der Waals surface area contributed by atoms with Crippen LogP contribution in [0.2, 0.25) is 5.02 Å². The molecule has 0 aliphatic heterocycles. The van der Waals surface area contributed by atoms with Gasteiger partial charge in [-0.1, -0.05) is 43.0 Å². The van der Waals surface area contributed by atoms with Gasteiger partial charge in [-0.05, 0) is 160 Å². The average molecular weight is 1340 g/mol. The smallest absolute Gasteiger partial charge is 0.339 e. The molecule has 6 aromatic heterocycles. The molecule has 0 fully saturated rings. The van der Waals surface area contributed by atoms with E-state index in [-0.39, 0.29) is 52.2 Å². The molecule has 0 aliphatic carbocycles. The van der Waals surface area contributed by atoms with Crippen molar-refractivity contribution in [1.82, 2.24) is 62.2 Å². The van der Waals surface area contributed by atoms with Gasteiger partial charge >= 0.3 is 17.1 Å². The summed E-state index contributed by atoms with van der Waals surface area (Å²) in [7, 11) is 12.0. The summed E-state index contributed by atoms with van der Waals surface area (Å²) in [5.41, 5.74) is 27.0. The van der Waals surface area contributed by atoms with E-state index in [1.165, 1.54) is 68.3 Å². The number of hydrogen-bond acceptors (Lipinski definition) is 18. The molecule has 0 radical (unpaired) electrons. The lowest BCUT2D eigenvalue weighted by atomic mass is 10.2. The maximum atomic E-state index is 13.7. The van der Waals surface area contributed by atoms with Crippen molar-refractivity contribution in [3.8, 4) is 45.6 Å². The van der Waals surface area contributed by atoms with E-state index >= 15 is 0 Å². The molecule has 0 bridgehead atoms. The number of nitrogens with zero attached hydrogens (tertiary/aromatic N) is 16. The highest BCUT2D eigenvalue weighted by Gasteiger charge is 2.25. The summed E-state index contributed by atoms with van der Waals surface area (Å²) in [4.78, 5) is 109. The van der Waals surface area contributed by atoms with Gasteiger partial charge in [0, 0.05) is 68.0 Å². The number of nitrogen functional groups attached to an aromatic ring is 3. The first kappa shape index (κ1) is 68.1. The van der Waals surface area contributed by atoms with Gasteiger partial charge < -0.3 is 46.3 Å². The Kier molecular flexibility index (Phi) is 20.1. The molecule has 0 saturated carbocycles. The lowest BCUT2D eigenvalue weighted by Gasteiger charge is -2.16. The Hall–Kier alpha value is -12.8. The fraction of sp³-hybridized carbons (Fsp3) is 0.143. The van der Waals surface area contributed by atoms with Crippen molar-refractivity contribution in [1.29, 1.82) is 0 Å². The molecule has 28 heteroatoms. The zero-order valence-electron chi connectivity index (χ0n) is 54.9. The number of methoxy groups -OCH3 is 2. The summed E-state index contributed by atoms with van der Waals surface area (Å²) in [6.07, 6.45) is 9.78. The minimum Gasteiger partial charge on any atom is -0.496 e. The monoisotopic (exact) mass is 1340 g/mol. The number of nitrogens with two attached hydrogens (primary N) is 3. The Morgan fingerprint density at radius 2 is 0.745 bits per heavy atom. The van der Waals surface area contributed by atoms with Crippen LogP contribution >= 0.6 is 11.6 Å². The molecule has 0 saturated heterocycles. The zero-order valence-corrected chi connectivity index (χ0v) is 55.7. The maximum absolute atomic E-state index is 13.7. The van der Waals surface area contributed by atoms with Crippen molar-refractivity contribution in [2.45, 2.75) is 13.8 Å². The van der Waals surface area contributed by atoms with Crippen molar-refractivity contribution in [2.75, 3.05) is 87.9 Å². The van der Waals surface area contributed by atoms with E-state index in [1.807, 2.05) is 63.2 Å². The van der Waals surface area contributed by atoms with Crippen molar-refractivity contribution >= 4 is 97.3 Å². The first-order valence-corrected chi connectivity index (χ1v) is 30.4. The molecule has 0 aliphatic rings. The van der Waals surface area contributed by atoms with Crippen molar-refractivity contribution in [3.05, 3.63) is 238 Å². The number of rotatable bonds is 16. The summed E-state index contributed by atoms with van der Waals surface area (Å²) < 4.78 is 19.6. The molecule has 0 unspecified atom stereocenters. The number of likely N-dealkylation sites (N-methyl/N-ethyl adjacent to an activating group) is 4. The molecule has 98 heavy (non-hydrogen) atoms. The number of hydrogen-bond donors (Lipinski definition) is 3. The topological polar surface area (TPSA) is 319 Å². The van der Waals surface area contributed by atoms with Gasteiger partial charge in [0.2, 0.25) is 17.7 Å². The number of carbonyl (C=O) groups is 3. The van der Waals surface area contributed by atoms with Crippen LogP contribution in [-0.2, 0) is 14.4 Å². The SMILES string of the molecule is C=CC(=O)N(C)c1ccc(-n2c(=O)n(-c3ccc(C)c(OC)c3)c3c(N)ncnc32)cc1.C=CC(=O)N(C)c1ccc(-n2c(=O)n(-c3ccc(Cl)cc3)c3c(N)ncnc32)cc1.COc1cc(-n2c(=O)n(-c3ccc(N(C)C(=O)/C=C/CN(C)C)cc3)c3ncnc(N)c32)ccc1C. The third-order valence-corrected chi connectivity index (χ3v) is 16.1. The van der Waals surface area contributed by atoms with E-state index in [0.29, 0.717) is 108 Å². The Morgan fingerprint density at radius 1 is 0.449 bits per heavy atom. The van der Waals surface area contributed by atoms with Crippen molar-refractivity contribution < 1.29 is 23.9 Å². The molecular formula is C70H68ClN19O8. The fourth-order valence-corrected chi connectivity index (χ4v) is 10.8. The normalized spacial score (nSPS) is 11.1. The van der Waals surface area contributed by atoms with Gasteiger partial charge in [0.05, 0.1) is 48.3 Å². The van der Waals surface area contributed by atoms with Gasteiger partial charge in [0.1, 0.15) is 47.0 Å². The van der Waals surface area contributed by atoms with Gasteiger partial charge in [-0.2, -0.15) is 0 Å². The number of anilines is 6. The number of fused-ring (bicyclic) bond motifs is 3. The minimum atomic E-state index is -0.360. The van der Waals surface area contributed by atoms with Gasteiger partial charge in [-0.3, -0.25) is 28.1 Å². The third-order valence-electron chi connectivity index (χ3n) is 15.9. The van der Waals surface area contributed by atoms with Crippen LogP contribution in [0.5, 0.6) is 11.5 Å². The molecule has 12 aromatic rings. The zero-order chi connectivity index (χ0) is 70.4. The van der Waals surface area contributed by atoms with Crippen molar-refractivity contribution in [3.63, 3.8) is 0 Å². The third kappa shape index (κ3) is 13.4. The summed E-state index contributed by atoms with van der Waals surface area (Å²) in [5.74, 6) is 1.21. The van der Waals surface area contributed by atoms with E-state index in [0.717, 1.165) is 11.1 Å². The molecule has 3 amide bonds. The standard InChI is InChI=1S/C26H29N7O3.C23H22N6O3.C21H17ClN6O2/c1-17-8-9-20(15-21(17)36-5)32-23-24(27)28-16-29-25(23)33(26(32)35)19-12-10-18(11-13-19)31(4)22(34)7-6-14-30(2)3;1-5-19(30)27(3)15-8-10-16(11-9-15)29-22-20(21(24)25-13-26-22)28(23(29)31)17-7-6-14(2)18(12-17)32-4;1-3-17(29)26(2)14-8-10-16(11-9-14)28-20-18(19(23)24-12-25-20)27(21(28)30)15-6-4-13(22)5-7-15/h6-13,15-16H,14H2,1-5H3,(H2,27,28,29);5-13H,1H2,2-4H3,(H2,24,25,26);3-12H,1H2,2H3,(H2,23,24,25)/b7-6+;;. The summed E-state index contributed by atoms with van der Waals surface area (Å²) in [5, 5.41) is 0.550. The highest BCUT2D eigenvalue weighted by molar-refractivity contribution is 6.30. The fourth-order valence-electron chi connectivity index (χ4n) is 10.7. The van der Waals surface area contributed by atoms with E-state index in [4.69, 9.17) is 38.3 Å². The lowest BCUT2D eigenvalue weighted by Crippen LogP contribution is -2.25. The predicted octanol–water partition coefficient (Wildman–Crippen LogP) is 8.13. The molecule has 6 heterocycles. The van der Waals surface area contributed by atoms with Gasteiger partial charge in [-0.15, -0.1) is 0 Å². The van der Waals surface area contributed by atoms with Crippen LogP contribution < -0.4 is 58.4 Å². The number of ether oxygens (including phenoxy) is 2. The molecular weight excluding hydrogens is 1270 g/mol. The van der Waals surface area contributed by atoms with Crippen molar-refractivity contribution in [2.24, 2.45) is 0 Å². The van der Waals surface area contributed by atoms with Crippen LogP contribution in [-0.4, -0.2) is 136 Å². The Labute approximate surface area is 565 Å². The van der Waals surface area contributed by atoms with Gasteiger partial charge in [0.25, 0.3) is 0 Å². The number of carbonyl (C=O) groups excluding carboxylic acids is 3. The van der Waals surface area contributed by atoms with Crippen LogP contribution in [0.15, 0.2) is 204 Å². The first-order valence-electron chi connectivity index (χ1n) is 30.0. The molecule has 6 aromatic carbocycles. The van der Waals surface area contributed by atoms with Gasteiger partial charge in [-0.25, -0.2) is 58.0 Å². The summed E-state index contributed by atoms with van der Waals surface area (Å²) >= 11 is 5.99. The highest BCUT2D eigenvalue weighted by atomic mass is 35.5. The molecule has 6 N–H and O–H groups in total. The molecule has 27 nitrogen and oxygen atoms in total. The first-order chi connectivity index (χ1) is 47.0. The number of benzene rings is 6. The Balaban J connectivity index is 0.000000160. The molecule has 498 valence electrons. The second kappa shape index (κ2) is 28.9. The van der Waals surface area contributed by atoms with Crippen LogP contribution in [0.4, 0.5) is 34.5 Å². The summed E-state index contributed by atoms with van der Waals surface area (Å²) in [6, 6.07) is 38.7.